The van der Waals surface area contributed by atoms with E-state index in [9.17, 15) is 5.11 Å². The molecule has 1 aliphatic rings. The Labute approximate surface area is 117 Å². The Hall–Kier alpha value is -0.890. The first-order valence-corrected chi connectivity index (χ1v) is 7.55. The summed E-state index contributed by atoms with van der Waals surface area (Å²) >= 11 is 0. The maximum Gasteiger partial charge on any atom is 0.0736 e. The molecular formula is C17H27NO. The Morgan fingerprint density at radius 2 is 2.11 bits per heavy atom. The number of aryl methyl sites for hydroxylation is 1. The van der Waals surface area contributed by atoms with Crippen LogP contribution in [0, 0.1) is 24.7 Å². The van der Waals surface area contributed by atoms with Crippen LogP contribution < -0.4 is 0 Å². The van der Waals surface area contributed by atoms with E-state index < -0.39 is 5.60 Å². The summed E-state index contributed by atoms with van der Waals surface area (Å²) in [6.07, 6.45) is 3.99. The van der Waals surface area contributed by atoms with Crippen LogP contribution in [0.5, 0.6) is 0 Å². The molecule has 19 heavy (non-hydrogen) atoms. The van der Waals surface area contributed by atoms with Gasteiger partial charge in [-0.1, -0.05) is 33.3 Å². The molecule has 0 amide bonds. The van der Waals surface area contributed by atoms with Crippen molar-refractivity contribution in [1.82, 2.24) is 4.98 Å². The Balaban J connectivity index is 2.21. The van der Waals surface area contributed by atoms with Gasteiger partial charge in [0.05, 0.1) is 5.60 Å². The second kappa shape index (κ2) is 5.62. The van der Waals surface area contributed by atoms with Crippen LogP contribution in [0.15, 0.2) is 18.2 Å². The van der Waals surface area contributed by atoms with Crippen molar-refractivity contribution in [3.8, 4) is 0 Å². The van der Waals surface area contributed by atoms with E-state index in [-0.39, 0.29) is 0 Å². The molecule has 1 heterocycles. The van der Waals surface area contributed by atoms with Gasteiger partial charge < -0.3 is 5.11 Å². The molecule has 0 spiro atoms. The zero-order chi connectivity index (χ0) is 14.0. The van der Waals surface area contributed by atoms with Crippen LogP contribution in [0.3, 0.4) is 0 Å². The summed E-state index contributed by atoms with van der Waals surface area (Å²) in [5.74, 6) is 1.54. The van der Waals surface area contributed by atoms with Crippen molar-refractivity contribution in [1.29, 1.82) is 0 Å². The fourth-order valence-electron chi connectivity index (χ4n) is 3.76. The molecule has 3 atom stereocenters. The number of aromatic nitrogens is 1. The first-order valence-electron chi connectivity index (χ1n) is 7.55. The van der Waals surface area contributed by atoms with Gasteiger partial charge in [-0.25, -0.2) is 0 Å². The van der Waals surface area contributed by atoms with Crippen LogP contribution in [0.2, 0.25) is 0 Å². The molecule has 1 aromatic rings. The Morgan fingerprint density at radius 1 is 1.37 bits per heavy atom. The molecule has 2 heteroatoms. The van der Waals surface area contributed by atoms with Crippen LogP contribution in [-0.4, -0.2) is 15.7 Å². The second-order valence-corrected chi connectivity index (χ2v) is 6.79. The number of nitrogens with zero attached hydrogens (tertiary/aromatic N) is 1. The second-order valence-electron chi connectivity index (χ2n) is 6.79. The van der Waals surface area contributed by atoms with Crippen molar-refractivity contribution in [3.63, 3.8) is 0 Å². The van der Waals surface area contributed by atoms with E-state index in [0.29, 0.717) is 24.2 Å². The SMILES string of the molecule is Cc1cccc(C[C@@]2(O)C[C@H](C)CC[C@H]2C(C)C)n1. The van der Waals surface area contributed by atoms with Crippen molar-refractivity contribution < 1.29 is 5.11 Å². The van der Waals surface area contributed by atoms with Crippen LogP contribution in [0.1, 0.15) is 51.4 Å². The summed E-state index contributed by atoms with van der Waals surface area (Å²) in [7, 11) is 0. The summed E-state index contributed by atoms with van der Waals surface area (Å²) in [5.41, 5.74) is 1.49. The largest absolute Gasteiger partial charge is 0.389 e. The third kappa shape index (κ3) is 3.36. The van der Waals surface area contributed by atoms with E-state index in [0.717, 1.165) is 24.2 Å². The van der Waals surface area contributed by atoms with E-state index in [2.05, 4.69) is 25.8 Å². The summed E-state index contributed by atoms with van der Waals surface area (Å²) in [6.45, 7) is 8.73. The van der Waals surface area contributed by atoms with Gasteiger partial charge >= 0.3 is 0 Å². The number of rotatable bonds is 3. The topological polar surface area (TPSA) is 33.1 Å². The minimum atomic E-state index is -0.577. The average Bonchev–Trinajstić information content (AvgIpc) is 2.27. The van der Waals surface area contributed by atoms with Crippen LogP contribution >= 0.6 is 0 Å². The van der Waals surface area contributed by atoms with E-state index in [1.807, 2.05) is 25.1 Å². The van der Waals surface area contributed by atoms with E-state index >= 15 is 0 Å². The lowest BCUT2D eigenvalue weighted by Crippen LogP contribution is -2.47. The zero-order valence-electron chi connectivity index (χ0n) is 12.7. The molecule has 1 aromatic heterocycles. The molecule has 0 aromatic carbocycles. The summed E-state index contributed by atoms with van der Waals surface area (Å²) in [5, 5.41) is 11.2. The molecule has 2 nitrogen and oxygen atoms in total. The van der Waals surface area contributed by atoms with Gasteiger partial charge in [-0.3, -0.25) is 4.98 Å². The lowest BCUT2D eigenvalue weighted by molar-refractivity contribution is -0.0801. The molecule has 1 N–H and O–H groups in total. The normalized spacial score (nSPS) is 31.7. The van der Waals surface area contributed by atoms with Crippen molar-refractivity contribution in [2.75, 3.05) is 0 Å². The third-order valence-electron chi connectivity index (χ3n) is 4.60. The van der Waals surface area contributed by atoms with Crippen molar-refractivity contribution in [2.45, 2.75) is 59.0 Å². The van der Waals surface area contributed by atoms with Gasteiger partial charge in [-0.2, -0.15) is 0 Å². The number of pyridine rings is 1. The fraction of sp³-hybridized carbons (Fsp3) is 0.706. The highest BCUT2D eigenvalue weighted by Gasteiger charge is 2.42. The molecule has 1 aliphatic carbocycles. The third-order valence-corrected chi connectivity index (χ3v) is 4.60. The predicted molar refractivity (Wildman–Crippen MR) is 79.0 cm³/mol. The molecule has 0 saturated heterocycles. The molecule has 0 unspecified atom stereocenters. The molecule has 106 valence electrons. The number of hydrogen-bond acceptors (Lipinski definition) is 2. The fourth-order valence-corrected chi connectivity index (χ4v) is 3.76. The molecular weight excluding hydrogens is 234 g/mol. The van der Waals surface area contributed by atoms with Gasteiger partial charge in [0.25, 0.3) is 0 Å². The molecule has 0 bridgehead atoms. The predicted octanol–water partition coefficient (Wildman–Crippen LogP) is 3.76. The number of hydrogen-bond donors (Lipinski definition) is 1. The molecule has 1 saturated carbocycles. The van der Waals surface area contributed by atoms with E-state index in [4.69, 9.17) is 0 Å². The zero-order valence-corrected chi connectivity index (χ0v) is 12.7. The van der Waals surface area contributed by atoms with Crippen LogP contribution in [0.4, 0.5) is 0 Å². The minimum absolute atomic E-state index is 0.394. The molecule has 1 fully saturated rings. The van der Waals surface area contributed by atoms with Gasteiger partial charge in [0.1, 0.15) is 0 Å². The first-order chi connectivity index (χ1) is 8.90. The standard InChI is InChI=1S/C17H27NO/c1-12(2)16-9-8-13(3)10-17(16,19)11-15-7-5-6-14(4)18-15/h5-7,12-13,16,19H,8-11H2,1-4H3/t13-,16+,17+/m1/s1. The Morgan fingerprint density at radius 3 is 2.74 bits per heavy atom. The average molecular weight is 261 g/mol. The van der Waals surface area contributed by atoms with Crippen molar-refractivity contribution in [3.05, 3.63) is 29.6 Å². The lowest BCUT2D eigenvalue weighted by atomic mass is 9.65. The smallest absolute Gasteiger partial charge is 0.0736 e. The monoisotopic (exact) mass is 261 g/mol. The van der Waals surface area contributed by atoms with Crippen LogP contribution in [0.25, 0.3) is 0 Å². The summed E-state index contributed by atoms with van der Waals surface area (Å²) < 4.78 is 0. The maximum atomic E-state index is 11.2. The minimum Gasteiger partial charge on any atom is -0.389 e. The Kier molecular flexibility index (Phi) is 4.29. The van der Waals surface area contributed by atoms with Gasteiger partial charge in [-0.05, 0) is 49.7 Å². The quantitative estimate of drug-likeness (QED) is 0.898. The highest BCUT2D eigenvalue weighted by Crippen LogP contribution is 2.42. The molecule has 0 aliphatic heterocycles. The summed E-state index contributed by atoms with van der Waals surface area (Å²) in [4.78, 5) is 4.57. The number of aliphatic hydroxyl groups is 1. The van der Waals surface area contributed by atoms with Gasteiger partial charge in [0.15, 0.2) is 0 Å². The van der Waals surface area contributed by atoms with Gasteiger partial charge in [0, 0.05) is 17.8 Å². The van der Waals surface area contributed by atoms with Crippen LogP contribution in [-0.2, 0) is 6.42 Å². The maximum absolute atomic E-state index is 11.2. The van der Waals surface area contributed by atoms with Gasteiger partial charge in [-0.15, -0.1) is 0 Å². The van der Waals surface area contributed by atoms with E-state index in [1.54, 1.807) is 0 Å². The highest BCUT2D eigenvalue weighted by molar-refractivity contribution is 5.13. The highest BCUT2D eigenvalue weighted by atomic mass is 16.3. The summed E-state index contributed by atoms with van der Waals surface area (Å²) in [6, 6.07) is 6.09. The van der Waals surface area contributed by atoms with Crippen molar-refractivity contribution >= 4 is 0 Å². The molecule has 2 rings (SSSR count). The van der Waals surface area contributed by atoms with Gasteiger partial charge in [0.2, 0.25) is 0 Å². The Bertz CT molecular complexity index is 429. The first kappa shape index (κ1) is 14.5. The molecule has 0 radical (unpaired) electrons. The van der Waals surface area contributed by atoms with Crippen molar-refractivity contribution in [2.24, 2.45) is 17.8 Å². The lowest BCUT2D eigenvalue weighted by Gasteiger charge is -2.44. The van der Waals surface area contributed by atoms with E-state index in [1.165, 1.54) is 6.42 Å².